The highest BCUT2D eigenvalue weighted by molar-refractivity contribution is 7.17. The van der Waals surface area contributed by atoms with Crippen LogP contribution in [0.25, 0.3) is 21.3 Å². The molecule has 2 N–H and O–H groups in total. The number of hydrogen-bond donors (Lipinski definition) is 2. The number of nitrogens with one attached hydrogen (secondary N) is 1. The molecular formula is C17H17N3O3S. The molecule has 24 heavy (non-hydrogen) atoms. The molecule has 1 unspecified atom stereocenters. The van der Waals surface area contributed by atoms with E-state index in [9.17, 15) is 9.90 Å². The Labute approximate surface area is 143 Å². The number of nitrogens with zero attached hydrogens (tertiary/aromatic N) is 2. The predicted octanol–water partition coefficient (Wildman–Crippen LogP) is 3.64. The third-order valence-electron chi connectivity index (χ3n) is 3.79. The fraction of sp³-hybridized carbons (Fsp3) is 0.235. The average Bonchev–Trinajstić information content (AvgIpc) is 3.04. The molecular weight excluding hydrogens is 326 g/mol. The van der Waals surface area contributed by atoms with Crippen LogP contribution in [0.15, 0.2) is 36.0 Å². The number of hydrogen-bond acceptors (Lipinski definition) is 6. The van der Waals surface area contributed by atoms with E-state index in [4.69, 9.17) is 4.74 Å². The Balaban J connectivity index is 2.07. The van der Waals surface area contributed by atoms with Gasteiger partial charge in [0.25, 0.3) is 0 Å². The molecule has 7 heteroatoms. The summed E-state index contributed by atoms with van der Waals surface area (Å²) in [5, 5.41) is 15.2. The summed E-state index contributed by atoms with van der Waals surface area (Å²) in [6.45, 7) is 1.82. The second kappa shape index (κ2) is 6.84. The van der Waals surface area contributed by atoms with Gasteiger partial charge in [-0.3, -0.25) is 0 Å². The molecule has 2 aromatic heterocycles. The number of fused-ring (bicyclic) bond motifs is 1. The van der Waals surface area contributed by atoms with Gasteiger partial charge in [-0.25, -0.2) is 14.8 Å². The van der Waals surface area contributed by atoms with Crippen LogP contribution in [0.5, 0.6) is 5.75 Å². The Hall–Kier alpha value is -2.67. The summed E-state index contributed by atoms with van der Waals surface area (Å²) in [7, 11) is 1.63. The van der Waals surface area contributed by atoms with Gasteiger partial charge < -0.3 is 15.2 Å². The van der Waals surface area contributed by atoms with E-state index in [1.165, 1.54) is 17.7 Å². The minimum absolute atomic E-state index is 0.461. The zero-order chi connectivity index (χ0) is 17.1. The van der Waals surface area contributed by atoms with Crippen LogP contribution in [-0.2, 0) is 4.79 Å². The molecule has 2 heterocycles. The first-order chi connectivity index (χ1) is 11.6. The van der Waals surface area contributed by atoms with E-state index >= 15 is 0 Å². The van der Waals surface area contributed by atoms with Crippen molar-refractivity contribution in [2.24, 2.45) is 0 Å². The first kappa shape index (κ1) is 16.2. The van der Waals surface area contributed by atoms with Gasteiger partial charge in [0.1, 0.15) is 28.8 Å². The number of rotatable bonds is 6. The first-order valence-electron chi connectivity index (χ1n) is 7.50. The number of methoxy groups -OCH3 is 1. The highest BCUT2D eigenvalue weighted by Gasteiger charge is 2.19. The van der Waals surface area contributed by atoms with Crippen molar-refractivity contribution in [2.45, 2.75) is 19.4 Å². The largest absolute Gasteiger partial charge is 0.497 e. The number of benzene rings is 1. The summed E-state index contributed by atoms with van der Waals surface area (Å²) in [5.74, 6) is 0.427. The number of thiophene rings is 1. The van der Waals surface area contributed by atoms with E-state index in [0.29, 0.717) is 12.2 Å². The zero-order valence-electron chi connectivity index (χ0n) is 13.3. The second-order valence-electron chi connectivity index (χ2n) is 5.22. The molecule has 0 aliphatic heterocycles. The van der Waals surface area contributed by atoms with Crippen molar-refractivity contribution in [1.29, 1.82) is 0 Å². The molecule has 0 amide bonds. The summed E-state index contributed by atoms with van der Waals surface area (Å²) >= 11 is 1.51. The third kappa shape index (κ3) is 3.03. The normalized spacial score (nSPS) is 12.1. The summed E-state index contributed by atoms with van der Waals surface area (Å²) < 4.78 is 5.19. The quantitative estimate of drug-likeness (QED) is 0.711. The summed E-state index contributed by atoms with van der Waals surface area (Å²) in [5.41, 5.74) is 1.98. The Morgan fingerprint density at radius 3 is 2.71 bits per heavy atom. The molecule has 0 aliphatic carbocycles. The lowest BCUT2D eigenvalue weighted by Gasteiger charge is -2.14. The maximum absolute atomic E-state index is 11.3. The molecule has 3 rings (SSSR count). The summed E-state index contributed by atoms with van der Waals surface area (Å²) in [6.07, 6.45) is 1.91. The molecule has 0 aliphatic rings. The van der Waals surface area contributed by atoms with Gasteiger partial charge in [0.05, 0.1) is 12.5 Å². The van der Waals surface area contributed by atoms with Gasteiger partial charge >= 0.3 is 5.97 Å². The number of aromatic nitrogens is 2. The third-order valence-corrected chi connectivity index (χ3v) is 4.67. The SMILES string of the molecule is CCC(Nc1ncnc2scc(-c3ccc(OC)cc3)c12)C(=O)O. The lowest BCUT2D eigenvalue weighted by Crippen LogP contribution is -2.28. The molecule has 0 saturated heterocycles. The van der Waals surface area contributed by atoms with Gasteiger partial charge in [-0.05, 0) is 24.1 Å². The van der Waals surface area contributed by atoms with Crippen molar-refractivity contribution < 1.29 is 14.6 Å². The highest BCUT2D eigenvalue weighted by atomic mass is 32.1. The molecule has 6 nitrogen and oxygen atoms in total. The molecule has 1 aromatic carbocycles. The van der Waals surface area contributed by atoms with Crippen molar-refractivity contribution >= 4 is 33.3 Å². The van der Waals surface area contributed by atoms with E-state index in [0.717, 1.165) is 27.1 Å². The topological polar surface area (TPSA) is 84.3 Å². The van der Waals surface area contributed by atoms with E-state index in [-0.39, 0.29) is 0 Å². The highest BCUT2D eigenvalue weighted by Crippen LogP contribution is 2.37. The van der Waals surface area contributed by atoms with Crippen LogP contribution in [0.1, 0.15) is 13.3 Å². The van der Waals surface area contributed by atoms with Crippen LogP contribution in [0, 0.1) is 0 Å². The molecule has 3 aromatic rings. The van der Waals surface area contributed by atoms with Gasteiger partial charge in [0.15, 0.2) is 0 Å². The average molecular weight is 343 g/mol. The molecule has 0 bridgehead atoms. The molecule has 0 radical (unpaired) electrons. The molecule has 0 spiro atoms. The van der Waals surface area contributed by atoms with E-state index in [2.05, 4.69) is 15.3 Å². The first-order valence-corrected chi connectivity index (χ1v) is 8.38. The molecule has 0 fully saturated rings. The van der Waals surface area contributed by atoms with Crippen molar-refractivity contribution in [3.05, 3.63) is 36.0 Å². The van der Waals surface area contributed by atoms with Crippen LogP contribution < -0.4 is 10.1 Å². The van der Waals surface area contributed by atoms with Gasteiger partial charge in [0, 0.05) is 10.9 Å². The lowest BCUT2D eigenvalue weighted by molar-refractivity contribution is -0.137. The van der Waals surface area contributed by atoms with Crippen molar-refractivity contribution in [2.75, 3.05) is 12.4 Å². The number of carbonyl (C=O) groups is 1. The van der Waals surface area contributed by atoms with Crippen LogP contribution in [0.2, 0.25) is 0 Å². The van der Waals surface area contributed by atoms with Crippen LogP contribution in [-0.4, -0.2) is 34.2 Å². The molecule has 0 saturated carbocycles. The van der Waals surface area contributed by atoms with Crippen LogP contribution >= 0.6 is 11.3 Å². The number of carboxylic acid groups (broad SMARTS) is 1. The van der Waals surface area contributed by atoms with Crippen molar-refractivity contribution in [1.82, 2.24) is 9.97 Å². The number of anilines is 1. The number of aliphatic carboxylic acids is 1. The van der Waals surface area contributed by atoms with Gasteiger partial charge in [-0.2, -0.15) is 0 Å². The predicted molar refractivity (Wildman–Crippen MR) is 94.7 cm³/mol. The second-order valence-corrected chi connectivity index (χ2v) is 6.08. The Kier molecular flexibility index (Phi) is 4.61. The standard InChI is InChI=1S/C17H17N3O3S/c1-3-13(17(21)22)20-15-14-12(8-24-16(14)19-9-18-15)10-4-6-11(23-2)7-5-10/h4-9,13H,3H2,1-2H3,(H,21,22)(H,18,19,20). The van der Waals surface area contributed by atoms with Crippen LogP contribution in [0.3, 0.4) is 0 Å². The monoisotopic (exact) mass is 343 g/mol. The number of carboxylic acids is 1. The smallest absolute Gasteiger partial charge is 0.326 e. The summed E-state index contributed by atoms with van der Waals surface area (Å²) in [4.78, 5) is 20.7. The minimum atomic E-state index is -0.898. The molecule has 124 valence electrons. The van der Waals surface area contributed by atoms with Crippen molar-refractivity contribution in [3.63, 3.8) is 0 Å². The van der Waals surface area contributed by atoms with Gasteiger partial charge in [-0.1, -0.05) is 19.1 Å². The van der Waals surface area contributed by atoms with Crippen molar-refractivity contribution in [3.8, 4) is 16.9 Å². The number of ether oxygens (including phenoxy) is 1. The Morgan fingerprint density at radius 2 is 2.08 bits per heavy atom. The zero-order valence-corrected chi connectivity index (χ0v) is 14.1. The fourth-order valence-corrected chi connectivity index (χ4v) is 3.39. The Bertz CT molecular complexity index is 861. The van der Waals surface area contributed by atoms with E-state index in [1.54, 1.807) is 7.11 Å². The Morgan fingerprint density at radius 1 is 1.33 bits per heavy atom. The minimum Gasteiger partial charge on any atom is -0.497 e. The lowest BCUT2D eigenvalue weighted by atomic mass is 10.1. The molecule has 1 atom stereocenters. The van der Waals surface area contributed by atoms with Gasteiger partial charge in [0.2, 0.25) is 0 Å². The fourth-order valence-electron chi connectivity index (χ4n) is 2.47. The van der Waals surface area contributed by atoms with E-state index in [1.807, 2.05) is 36.6 Å². The van der Waals surface area contributed by atoms with E-state index < -0.39 is 12.0 Å². The maximum atomic E-state index is 11.3. The maximum Gasteiger partial charge on any atom is 0.326 e. The summed E-state index contributed by atoms with van der Waals surface area (Å²) in [6, 6.07) is 7.02. The van der Waals surface area contributed by atoms with Crippen LogP contribution in [0.4, 0.5) is 5.82 Å². The van der Waals surface area contributed by atoms with Gasteiger partial charge in [-0.15, -0.1) is 11.3 Å².